The fourth-order valence-electron chi connectivity index (χ4n) is 3.05. The molecule has 1 atom stereocenters. The van der Waals surface area contributed by atoms with Gasteiger partial charge in [-0.15, -0.1) is 11.3 Å². The van der Waals surface area contributed by atoms with Gasteiger partial charge >= 0.3 is 0 Å². The molecule has 0 aliphatic rings. The van der Waals surface area contributed by atoms with Crippen LogP contribution in [0.4, 0.5) is 0 Å². The predicted octanol–water partition coefficient (Wildman–Crippen LogP) is 4.46. The van der Waals surface area contributed by atoms with Gasteiger partial charge in [-0.3, -0.25) is 4.79 Å². The van der Waals surface area contributed by atoms with E-state index < -0.39 is 0 Å². The Hall–Kier alpha value is -2.80. The summed E-state index contributed by atoms with van der Waals surface area (Å²) in [4.78, 5) is 17.0. The minimum Gasteiger partial charge on any atom is -0.493 e. The molecule has 0 spiro atoms. The van der Waals surface area contributed by atoms with E-state index in [1.807, 2.05) is 50.4 Å². The second-order valence-corrected chi connectivity index (χ2v) is 7.44. The standard InChI is InChI=1S/C21H24N2O4S/c1-12-8-18(25-4)19(26-5)10-16(12)14(3)22-20(24)9-15-11-28-21(23-15)17-7-6-13(2)27-17/h6-8,10-11,14H,9H2,1-5H3,(H,22,24). The normalized spacial score (nSPS) is 11.9. The number of hydrogen-bond donors (Lipinski definition) is 1. The summed E-state index contributed by atoms with van der Waals surface area (Å²) in [7, 11) is 3.20. The van der Waals surface area contributed by atoms with Crippen molar-refractivity contribution in [2.75, 3.05) is 14.2 Å². The van der Waals surface area contributed by atoms with Crippen molar-refractivity contribution >= 4 is 17.2 Å². The van der Waals surface area contributed by atoms with Crippen LogP contribution >= 0.6 is 11.3 Å². The third-order valence-corrected chi connectivity index (χ3v) is 5.37. The van der Waals surface area contributed by atoms with Gasteiger partial charge in [0.1, 0.15) is 5.76 Å². The van der Waals surface area contributed by atoms with Crippen molar-refractivity contribution < 1.29 is 18.7 Å². The van der Waals surface area contributed by atoms with Crippen molar-refractivity contribution in [2.24, 2.45) is 0 Å². The lowest BCUT2D eigenvalue weighted by atomic mass is 10.0. The molecular weight excluding hydrogens is 376 g/mol. The molecule has 1 aromatic carbocycles. The van der Waals surface area contributed by atoms with Crippen LogP contribution in [0.15, 0.2) is 34.1 Å². The molecule has 1 unspecified atom stereocenters. The summed E-state index contributed by atoms with van der Waals surface area (Å²) in [5, 5.41) is 5.70. The Kier molecular flexibility index (Phi) is 6.04. The van der Waals surface area contributed by atoms with E-state index in [1.165, 1.54) is 11.3 Å². The highest BCUT2D eigenvalue weighted by Gasteiger charge is 2.17. The third-order valence-electron chi connectivity index (χ3n) is 4.46. The molecule has 1 N–H and O–H groups in total. The Morgan fingerprint density at radius 3 is 2.57 bits per heavy atom. The van der Waals surface area contributed by atoms with Crippen molar-refractivity contribution in [3.63, 3.8) is 0 Å². The van der Waals surface area contributed by atoms with Gasteiger partial charge in [-0.05, 0) is 56.2 Å². The Balaban J connectivity index is 1.67. The van der Waals surface area contributed by atoms with Gasteiger partial charge < -0.3 is 19.2 Å². The fraction of sp³-hybridized carbons (Fsp3) is 0.333. The topological polar surface area (TPSA) is 73.6 Å². The number of ether oxygens (including phenoxy) is 2. The molecule has 0 radical (unpaired) electrons. The number of nitrogens with one attached hydrogen (secondary N) is 1. The summed E-state index contributed by atoms with van der Waals surface area (Å²) >= 11 is 1.47. The highest BCUT2D eigenvalue weighted by Crippen LogP contribution is 2.33. The predicted molar refractivity (Wildman–Crippen MR) is 109 cm³/mol. The van der Waals surface area contributed by atoms with E-state index in [0.717, 1.165) is 33.3 Å². The molecule has 0 aliphatic carbocycles. The zero-order chi connectivity index (χ0) is 20.3. The van der Waals surface area contributed by atoms with Crippen LogP contribution in [0.2, 0.25) is 0 Å². The molecule has 2 heterocycles. The van der Waals surface area contributed by atoms with E-state index in [1.54, 1.807) is 14.2 Å². The highest BCUT2D eigenvalue weighted by molar-refractivity contribution is 7.13. The molecule has 3 aromatic rings. The summed E-state index contributed by atoms with van der Waals surface area (Å²) in [5.74, 6) is 2.79. The smallest absolute Gasteiger partial charge is 0.226 e. The highest BCUT2D eigenvalue weighted by atomic mass is 32.1. The van der Waals surface area contributed by atoms with Gasteiger partial charge in [0.2, 0.25) is 5.91 Å². The summed E-state index contributed by atoms with van der Waals surface area (Å²) in [5.41, 5.74) is 2.73. The molecule has 6 nitrogen and oxygen atoms in total. The Morgan fingerprint density at radius 2 is 1.93 bits per heavy atom. The number of nitrogens with zero attached hydrogens (tertiary/aromatic N) is 1. The van der Waals surface area contributed by atoms with Crippen LogP contribution in [0.1, 0.15) is 35.5 Å². The van der Waals surface area contributed by atoms with E-state index in [4.69, 9.17) is 13.9 Å². The molecule has 28 heavy (non-hydrogen) atoms. The monoisotopic (exact) mass is 400 g/mol. The molecule has 0 fully saturated rings. The first-order valence-corrected chi connectivity index (χ1v) is 9.82. The molecular formula is C21H24N2O4S. The zero-order valence-corrected chi connectivity index (χ0v) is 17.5. The van der Waals surface area contributed by atoms with Crippen LogP contribution in [0.5, 0.6) is 11.5 Å². The van der Waals surface area contributed by atoms with E-state index in [9.17, 15) is 4.79 Å². The Bertz CT molecular complexity index is 977. The Labute approximate surface area is 168 Å². The first-order chi connectivity index (χ1) is 13.4. The number of amides is 1. The largest absolute Gasteiger partial charge is 0.493 e. The van der Waals surface area contributed by atoms with Crippen LogP contribution in [0.3, 0.4) is 0 Å². The summed E-state index contributed by atoms with van der Waals surface area (Å²) < 4.78 is 16.3. The van der Waals surface area contributed by atoms with Gasteiger partial charge in [0.15, 0.2) is 22.3 Å². The number of carbonyl (C=O) groups is 1. The van der Waals surface area contributed by atoms with Gasteiger partial charge in [0.25, 0.3) is 0 Å². The second kappa shape index (κ2) is 8.48. The lowest BCUT2D eigenvalue weighted by Gasteiger charge is -2.19. The average molecular weight is 401 g/mol. The maximum absolute atomic E-state index is 12.5. The van der Waals surface area contributed by atoms with Crippen molar-refractivity contribution in [2.45, 2.75) is 33.2 Å². The molecule has 148 valence electrons. The molecule has 0 bridgehead atoms. The number of thiazole rings is 1. The Morgan fingerprint density at radius 1 is 1.21 bits per heavy atom. The second-order valence-electron chi connectivity index (χ2n) is 6.58. The van der Waals surface area contributed by atoms with Crippen LogP contribution < -0.4 is 14.8 Å². The molecule has 1 amide bonds. The zero-order valence-electron chi connectivity index (χ0n) is 16.7. The molecule has 0 aliphatic heterocycles. The first-order valence-electron chi connectivity index (χ1n) is 8.94. The number of benzene rings is 1. The average Bonchev–Trinajstić information content (AvgIpc) is 3.29. The van der Waals surface area contributed by atoms with Gasteiger partial charge in [0, 0.05) is 5.38 Å². The SMILES string of the molecule is COc1cc(C)c(C(C)NC(=O)Cc2csc(-c3ccc(C)o3)n2)cc1OC. The van der Waals surface area contributed by atoms with Gasteiger partial charge in [-0.2, -0.15) is 0 Å². The quantitative estimate of drug-likeness (QED) is 0.634. The van der Waals surface area contributed by atoms with Crippen molar-refractivity contribution in [1.82, 2.24) is 10.3 Å². The fourth-order valence-corrected chi connectivity index (χ4v) is 3.83. The first kappa shape index (κ1) is 19.9. The van der Waals surface area contributed by atoms with Crippen molar-refractivity contribution in [1.29, 1.82) is 0 Å². The molecule has 2 aromatic heterocycles. The summed E-state index contributed by atoms with van der Waals surface area (Å²) in [6, 6.07) is 7.43. The molecule has 0 saturated carbocycles. The summed E-state index contributed by atoms with van der Waals surface area (Å²) in [6.07, 6.45) is 0.215. The number of rotatable bonds is 7. The minimum absolute atomic E-state index is 0.0887. The summed E-state index contributed by atoms with van der Waals surface area (Å²) in [6.45, 7) is 5.82. The maximum Gasteiger partial charge on any atom is 0.226 e. The third kappa shape index (κ3) is 4.36. The number of furan rings is 1. The number of aromatic nitrogens is 1. The van der Waals surface area contributed by atoms with Crippen molar-refractivity contribution in [3.8, 4) is 22.3 Å². The van der Waals surface area contributed by atoms with Gasteiger partial charge in [-0.1, -0.05) is 0 Å². The van der Waals surface area contributed by atoms with Crippen LogP contribution in [-0.4, -0.2) is 25.1 Å². The molecule has 0 saturated heterocycles. The van der Waals surface area contributed by atoms with E-state index >= 15 is 0 Å². The van der Waals surface area contributed by atoms with Crippen molar-refractivity contribution in [3.05, 3.63) is 52.2 Å². The maximum atomic E-state index is 12.5. The number of methoxy groups -OCH3 is 2. The number of hydrogen-bond acceptors (Lipinski definition) is 6. The van der Waals surface area contributed by atoms with Gasteiger partial charge in [0.05, 0.1) is 32.4 Å². The lowest BCUT2D eigenvalue weighted by molar-refractivity contribution is -0.121. The van der Waals surface area contributed by atoms with Crippen LogP contribution in [-0.2, 0) is 11.2 Å². The number of carbonyl (C=O) groups excluding carboxylic acids is 1. The minimum atomic E-state index is -0.168. The van der Waals surface area contributed by atoms with E-state index in [0.29, 0.717) is 11.5 Å². The van der Waals surface area contributed by atoms with Crippen LogP contribution in [0, 0.1) is 13.8 Å². The van der Waals surface area contributed by atoms with E-state index in [2.05, 4.69) is 10.3 Å². The lowest BCUT2D eigenvalue weighted by Crippen LogP contribution is -2.28. The van der Waals surface area contributed by atoms with Gasteiger partial charge in [-0.25, -0.2) is 4.98 Å². The van der Waals surface area contributed by atoms with Crippen LogP contribution in [0.25, 0.3) is 10.8 Å². The van der Waals surface area contributed by atoms with E-state index in [-0.39, 0.29) is 18.4 Å². The number of aryl methyl sites for hydroxylation is 2. The molecule has 3 rings (SSSR count). The molecule has 7 heteroatoms.